The highest BCUT2D eigenvalue weighted by atomic mass is 28.3. The van der Waals surface area contributed by atoms with Crippen LogP contribution in [0, 0.1) is 12.4 Å². The van der Waals surface area contributed by atoms with E-state index in [1.165, 1.54) is 18.3 Å². The van der Waals surface area contributed by atoms with Crippen LogP contribution in [-0.4, -0.2) is 45.8 Å². The van der Waals surface area contributed by atoms with E-state index in [4.69, 9.17) is 16.4 Å². The summed E-state index contributed by atoms with van der Waals surface area (Å²) in [4.78, 5) is 21.4. The fourth-order valence-corrected chi connectivity index (χ4v) is 4.84. The van der Waals surface area contributed by atoms with Crippen molar-refractivity contribution >= 4 is 25.4 Å². The van der Waals surface area contributed by atoms with E-state index in [0.717, 1.165) is 18.9 Å². The maximum atomic E-state index is 13.8. The Balaban J connectivity index is 1.65. The van der Waals surface area contributed by atoms with Crippen molar-refractivity contribution < 1.29 is 13.9 Å². The highest BCUT2D eigenvalue weighted by molar-refractivity contribution is 6.76. The Morgan fingerprint density at radius 2 is 1.92 bits per heavy atom. The van der Waals surface area contributed by atoms with Gasteiger partial charge in [0.25, 0.3) is 11.7 Å². The van der Waals surface area contributed by atoms with Crippen LogP contribution in [0.3, 0.4) is 0 Å². The van der Waals surface area contributed by atoms with Crippen molar-refractivity contribution in [1.29, 1.82) is 0 Å². The van der Waals surface area contributed by atoms with Gasteiger partial charge in [-0.1, -0.05) is 26.2 Å². The molecule has 1 fully saturated rings. The van der Waals surface area contributed by atoms with Gasteiger partial charge >= 0.3 is 0 Å². The molecule has 1 saturated carbocycles. The first-order valence-corrected chi connectivity index (χ1v) is 16.0. The summed E-state index contributed by atoms with van der Waals surface area (Å²) in [5, 5.41) is 7.90. The minimum atomic E-state index is -1.29. The van der Waals surface area contributed by atoms with Crippen LogP contribution in [0.15, 0.2) is 48.8 Å². The van der Waals surface area contributed by atoms with Crippen molar-refractivity contribution in [3.05, 3.63) is 71.7 Å². The average Bonchev–Trinajstić information content (AvgIpc) is 3.45. The van der Waals surface area contributed by atoms with Crippen molar-refractivity contribution in [1.82, 2.24) is 24.5 Å². The van der Waals surface area contributed by atoms with E-state index in [1.807, 2.05) is 12.1 Å². The highest BCUT2D eigenvalue weighted by Gasteiger charge is 2.31. The van der Waals surface area contributed by atoms with Gasteiger partial charge in [0.05, 0.1) is 12.4 Å². The summed E-state index contributed by atoms with van der Waals surface area (Å²) in [6.45, 7) is 15.0. The van der Waals surface area contributed by atoms with Crippen LogP contribution in [0.4, 0.5) is 10.2 Å². The third-order valence-corrected chi connectivity index (χ3v) is 8.00. The first-order chi connectivity index (χ1) is 17.7. The molecule has 1 aliphatic rings. The van der Waals surface area contributed by atoms with Gasteiger partial charge in [-0.3, -0.25) is 4.79 Å². The Kier molecular flexibility index (Phi) is 6.66. The van der Waals surface area contributed by atoms with Crippen LogP contribution in [0.25, 0.3) is 32.9 Å². The van der Waals surface area contributed by atoms with Crippen LogP contribution < -0.4 is 5.32 Å². The number of ether oxygens (including phenoxy) is 1. The largest absolute Gasteiger partial charge is 0.362 e. The van der Waals surface area contributed by atoms with E-state index in [0.29, 0.717) is 46.2 Å². The molecular formula is C27H29FN6O2Si. The number of halogens is 1. The van der Waals surface area contributed by atoms with Gasteiger partial charge in [-0.05, 0) is 49.2 Å². The smallest absolute Gasteiger partial charge is 0.270 e. The van der Waals surface area contributed by atoms with Gasteiger partial charge in [-0.2, -0.15) is 5.10 Å². The van der Waals surface area contributed by atoms with E-state index in [9.17, 15) is 9.18 Å². The number of carbonyl (C=O) groups excluding carboxylic acids is 1. The van der Waals surface area contributed by atoms with Gasteiger partial charge in [0.15, 0.2) is 0 Å². The topological polar surface area (TPSA) is 77.8 Å². The van der Waals surface area contributed by atoms with E-state index in [-0.39, 0.29) is 24.5 Å². The number of hydrogen-bond donors (Lipinski definition) is 1. The SMILES string of the molecule is [C-]#[N+]c1cnc2ccc(-c3c(-c4ccc(F)cc4)nn(COCC[Si](C)(C)C)c3C(=O)NC3CC3)cn12. The van der Waals surface area contributed by atoms with Gasteiger partial charge in [0.2, 0.25) is 5.65 Å². The van der Waals surface area contributed by atoms with Gasteiger partial charge in [0.1, 0.15) is 23.9 Å². The molecule has 1 N–H and O–H groups in total. The summed E-state index contributed by atoms with van der Waals surface area (Å²) in [7, 11) is -1.29. The molecule has 8 nitrogen and oxygen atoms in total. The molecule has 37 heavy (non-hydrogen) atoms. The monoisotopic (exact) mass is 516 g/mol. The van der Waals surface area contributed by atoms with Gasteiger partial charge < -0.3 is 14.9 Å². The molecule has 4 aromatic rings. The minimum Gasteiger partial charge on any atom is -0.362 e. The average molecular weight is 517 g/mol. The maximum Gasteiger partial charge on any atom is 0.270 e. The predicted octanol–water partition coefficient (Wildman–Crippen LogP) is 5.76. The van der Waals surface area contributed by atoms with Crippen LogP contribution in [-0.2, 0) is 11.5 Å². The first kappa shape index (κ1) is 24.9. The molecule has 10 heteroatoms. The first-order valence-electron chi connectivity index (χ1n) is 12.3. The lowest BCUT2D eigenvalue weighted by Crippen LogP contribution is -2.29. The summed E-state index contributed by atoms with van der Waals surface area (Å²) < 4.78 is 23.1. The summed E-state index contributed by atoms with van der Waals surface area (Å²) in [5.41, 5.74) is 3.52. The molecule has 1 aromatic carbocycles. The highest BCUT2D eigenvalue weighted by Crippen LogP contribution is 2.36. The number of pyridine rings is 1. The molecule has 1 aliphatic carbocycles. The number of fused-ring (bicyclic) bond motifs is 1. The Morgan fingerprint density at radius 3 is 2.59 bits per heavy atom. The van der Waals surface area contributed by atoms with Gasteiger partial charge in [-0.15, -0.1) is 0 Å². The molecule has 3 heterocycles. The molecule has 0 aliphatic heterocycles. The normalized spacial score (nSPS) is 13.6. The van der Waals surface area contributed by atoms with Crippen molar-refractivity contribution in [2.75, 3.05) is 6.61 Å². The number of nitrogens with zero attached hydrogens (tertiary/aromatic N) is 5. The zero-order valence-corrected chi connectivity index (χ0v) is 22.2. The lowest BCUT2D eigenvalue weighted by Gasteiger charge is -2.16. The molecule has 5 rings (SSSR count). The number of hydrogen-bond acceptors (Lipinski definition) is 4. The minimum absolute atomic E-state index is 0.118. The third kappa shape index (κ3) is 5.48. The number of benzene rings is 1. The standard InChI is InChI=1S/C27H29FN6O2Si/c1-29-23-15-30-22-12-7-19(16-33(22)23)24-25(18-5-8-20(28)9-6-18)32-34(17-36-13-14-37(2,3)4)26(24)27(35)31-21-10-11-21/h5-9,12,15-16,21H,10-11,13-14,17H2,2-4H3,(H,31,35). The van der Waals surface area contributed by atoms with E-state index in [2.05, 4.69) is 34.8 Å². The number of nitrogens with one attached hydrogen (secondary N) is 1. The van der Waals surface area contributed by atoms with Crippen LogP contribution >= 0.6 is 0 Å². The van der Waals surface area contributed by atoms with E-state index in [1.54, 1.807) is 27.4 Å². The number of aromatic nitrogens is 4. The summed E-state index contributed by atoms with van der Waals surface area (Å²) >= 11 is 0. The van der Waals surface area contributed by atoms with Crippen LogP contribution in [0.2, 0.25) is 25.7 Å². The van der Waals surface area contributed by atoms with Gasteiger partial charge in [0, 0.05) is 43.5 Å². The Bertz CT molecular complexity index is 1490. The molecular weight excluding hydrogens is 487 g/mol. The van der Waals surface area contributed by atoms with Crippen LogP contribution in [0.1, 0.15) is 23.3 Å². The summed E-state index contributed by atoms with van der Waals surface area (Å²) in [5.74, 6) is -0.220. The maximum absolute atomic E-state index is 13.8. The molecule has 0 unspecified atom stereocenters. The molecule has 0 radical (unpaired) electrons. The summed E-state index contributed by atoms with van der Waals surface area (Å²) in [6, 6.07) is 10.9. The fourth-order valence-electron chi connectivity index (χ4n) is 4.08. The Labute approximate surface area is 215 Å². The van der Waals surface area contributed by atoms with Crippen molar-refractivity contribution in [2.24, 2.45) is 0 Å². The van der Waals surface area contributed by atoms with E-state index >= 15 is 0 Å². The predicted molar refractivity (Wildman–Crippen MR) is 143 cm³/mol. The van der Waals surface area contributed by atoms with Crippen LogP contribution in [0.5, 0.6) is 0 Å². The molecule has 1 amide bonds. The second-order valence-electron chi connectivity index (χ2n) is 10.5. The number of rotatable bonds is 9. The van der Waals surface area contributed by atoms with Gasteiger partial charge in [-0.25, -0.2) is 18.5 Å². The molecule has 190 valence electrons. The Hall–Kier alpha value is -3.81. The second-order valence-corrected chi connectivity index (χ2v) is 16.2. The zero-order valence-electron chi connectivity index (χ0n) is 21.2. The number of imidazole rings is 1. The van der Waals surface area contributed by atoms with Crippen molar-refractivity contribution in [3.8, 4) is 22.4 Å². The summed E-state index contributed by atoms with van der Waals surface area (Å²) in [6.07, 6.45) is 5.21. The lowest BCUT2D eigenvalue weighted by molar-refractivity contribution is 0.0721. The zero-order chi connectivity index (χ0) is 26.2. The van der Waals surface area contributed by atoms with Crippen molar-refractivity contribution in [2.45, 2.75) is 51.3 Å². The van der Waals surface area contributed by atoms with Crippen molar-refractivity contribution in [3.63, 3.8) is 0 Å². The fraction of sp³-hybridized carbons (Fsp3) is 0.333. The Morgan fingerprint density at radius 1 is 1.19 bits per heavy atom. The molecule has 0 spiro atoms. The van der Waals surface area contributed by atoms with E-state index < -0.39 is 8.07 Å². The second kappa shape index (κ2) is 9.92. The molecule has 3 aromatic heterocycles. The number of amides is 1. The molecule has 0 bridgehead atoms. The third-order valence-electron chi connectivity index (χ3n) is 6.30. The quantitative estimate of drug-likeness (QED) is 0.174. The number of carbonyl (C=O) groups is 1. The molecule has 0 saturated heterocycles. The molecule has 0 atom stereocenters. The lowest BCUT2D eigenvalue weighted by atomic mass is 9.99.